The van der Waals surface area contributed by atoms with Gasteiger partial charge >= 0.3 is 24.0 Å². The third kappa shape index (κ3) is 8.59. The van der Waals surface area contributed by atoms with Gasteiger partial charge in [-0.05, 0) is 47.4 Å². The number of nitrogens with zero attached hydrogens (tertiary/aromatic N) is 3. The number of amides is 1. The Morgan fingerprint density at radius 2 is 1.63 bits per heavy atom. The number of non-ortho nitro benzene ring substituents is 1. The number of ether oxygens (including phenoxy) is 5. The van der Waals surface area contributed by atoms with Crippen LogP contribution in [0.2, 0.25) is 0 Å². The minimum absolute atomic E-state index is 0.0344. The number of carbonyl (C=O) groups excluding carboxylic acids is 4. The van der Waals surface area contributed by atoms with Crippen molar-refractivity contribution in [3.8, 4) is 0 Å². The van der Waals surface area contributed by atoms with Gasteiger partial charge in [0.15, 0.2) is 0 Å². The minimum atomic E-state index is -1.20. The first kappa shape index (κ1) is 32.9. The molecule has 0 radical (unpaired) electrons. The third-order valence-electron chi connectivity index (χ3n) is 5.78. The first-order valence-corrected chi connectivity index (χ1v) is 12.6. The lowest BCUT2D eigenvalue weighted by molar-refractivity contribution is -0.384. The van der Waals surface area contributed by atoms with E-state index in [-0.39, 0.29) is 53.5 Å². The Labute approximate surface area is 237 Å². The fraction of sp³-hybridized carbons (Fsp3) is 0.481. The number of nitro groups is 1. The van der Waals surface area contributed by atoms with Gasteiger partial charge in [-0.1, -0.05) is 12.1 Å². The molecule has 1 aliphatic heterocycles. The second-order valence-electron chi connectivity index (χ2n) is 9.48. The van der Waals surface area contributed by atoms with Gasteiger partial charge in [-0.25, -0.2) is 14.4 Å². The summed E-state index contributed by atoms with van der Waals surface area (Å²) in [5.74, 6) is -3.60. The Morgan fingerprint density at radius 3 is 2.20 bits per heavy atom. The number of esters is 3. The van der Waals surface area contributed by atoms with Crippen molar-refractivity contribution in [1.29, 1.82) is 0 Å². The van der Waals surface area contributed by atoms with Crippen LogP contribution in [0.25, 0.3) is 0 Å². The van der Waals surface area contributed by atoms with Crippen molar-refractivity contribution in [2.45, 2.75) is 39.7 Å². The number of rotatable bonds is 12. The minimum Gasteiger partial charge on any atom is -0.460 e. The lowest BCUT2D eigenvalue weighted by Crippen LogP contribution is -2.39. The lowest BCUT2D eigenvalue weighted by atomic mass is 9.79. The number of allylic oxidation sites excluding steroid dienone is 2. The molecule has 41 heavy (non-hydrogen) atoms. The molecule has 0 aromatic heterocycles. The molecular weight excluding hydrogens is 542 g/mol. The van der Waals surface area contributed by atoms with E-state index in [1.165, 1.54) is 45.2 Å². The fourth-order valence-electron chi connectivity index (χ4n) is 4.10. The van der Waals surface area contributed by atoms with Crippen LogP contribution in [0.1, 0.15) is 39.2 Å². The molecule has 14 nitrogen and oxygen atoms in total. The molecule has 1 aromatic carbocycles. The maximum Gasteiger partial charge on any atom is 0.421 e. The number of methoxy groups -OCH3 is 1. The van der Waals surface area contributed by atoms with Gasteiger partial charge in [-0.2, -0.15) is 0 Å². The van der Waals surface area contributed by atoms with Gasteiger partial charge in [0, 0.05) is 30.6 Å². The Balaban J connectivity index is 2.67. The van der Waals surface area contributed by atoms with Crippen LogP contribution in [-0.2, 0) is 38.1 Å². The molecule has 0 fully saturated rings. The zero-order chi connectivity index (χ0) is 30.9. The predicted octanol–water partition coefficient (Wildman–Crippen LogP) is 2.88. The molecule has 224 valence electrons. The number of hydrogen-bond acceptors (Lipinski definition) is 12. The van der Waals surface area contributed by atoms with E-state index >= 15 is 0 Å². The lowest BCUT2D eigenvalue weighted by Gasteiger charge is -2.36. The molecule has 1 atom stereocenters. The summed E-state index contributed by atoms with van der Waals surface area (Å²) in [6, 6.07) is 5.43. The maximum atomic E-state index is 13.5. The van der Waals surface area contributed by atoms with Crippen molar-refractivity contribution in [2.24, 2.45) is 0 Å². The highest BCUT2D eigenvalue weighted by Crippen LogP contribution is 2.44. The van der Waals surface area contributed by atoms with Crippen molar-refractivity contribution in [3.63, 3.8) is 0 Å². The topological polar surface area (TPSA) is 164 Å². The van der Waals surface area contributed by atoms with Crippen LogP contribution < -0.4 is 0 Å². The monoisotopic (exact) mass is 577 g/mol. The Kier molecular flexibility index (Phi) is 12.0. The highest BCUT2D eigenvalue weighted by Gasteiger charge is 2.43. The molecule has 0 aliphatic carbocycles. The Bertz CT molecular complexity index is 1240. The van der Waals surface area contributed by atoms with Crippen LogP contribution in [-0.4, -0.2) is 92.6 Å². The van der Waals surface area contributed by atoms with E-state index in [2.05, 4.69) is 0 Å². The summed E-state index contributed by atoms with van der Waals surface area (Å²) < 4.78 is 25.8. The highest BCUT2D eigenvalue weighted by molar-refractivity contribution is 6.01. The van der Waals surface area contributed by atoms with Crippen LogP contribution in [0.4, 0.5) is 10.5 Å². The van der Waals surface area contributed by atoms with Crippen molar-refractivity contribution in [2.75, 3.05) is 47.8 Å². The zero-order valence-electron chi connectivity index (χ0n) is 24.1. The van der Waals surface area contributed by atoms with E-state index in [1.807, 2.05) is 0 Å². The van der Waals surface area contributed by atoms with Gasteiger partial charge in [-0.3, -0.25) is 24.7 Å². The van der Waals surface area contributed by atoms with Gasteiger partial charge in [-0.15, -0.1) is 0 Å². The molecule has 0 saturated heterocycles. The Morgan fingerprint density at radius 1 is 1.00 bits per heavy atom. The van der Waals surface area contributed by atoms with Crippen LogP contribution in [0.15, 0.2) is 46.8 Å². The van der Waals surface area contributed by atoms with Crippen LogP contribution in [0.3, 0.4) is 0 Å². The van der Waals surface area contributed by atoms with Crippen LogP contribution in [0, 0.1) is 10.1 Å². The van der Waals surface area contributed by atoms with E-state index in [9.17, 15) is 29.3 Å². The predicted molar refractivity (Wildman–Crippen MR) is 143 cm³/mol. The fourth-order valence-corrected chi connectivity index (χ4v) is 4.10. The van der Waals surface area contributed by atoms with Crippen molar-refractivity contribution < 1.29 is 47.8 Å². The number of carbonyl (C=O) groups is 4. The van der Waals surface area contributed by atoms with Gasteiger partial charge in [0.2, 0.25) is 6.79 Å². The molecule has 2 rings (SSSR count). The molecule has 0 N–H and O–H groups in total. The van der Waals surface area contributed by atoms with Gasteiger partial charge in [0.1, 0.15) is 6.61 Å². The molecule has 1 aliphatic rings. The van der Waals surface area contributed by atoms with Crippen LogP contribution >= 0.6 is 0 Å². The molecule has 1 amide bonds. The molecule has 0 spiro atoms. The summed E-state index contributed by atoms with van der Waals surface area (Å²) >= 11 is 0. The molecule has 1 aromatic rings. The summed E-state index contributed by atoms with van der Waals surface area (Å²) in [6.45, 7) is 5.27. The van der Waals surface area contributed by atoms with E-state index < -0.39 is 47.7 Å². The molecule has 1 unspecified atom stereocenters. The first-order chi connectivity index (χ1) is 19.3. The standard InChI is InChI=1S/C27H35N3O11/c1-16(2)41-26(33)23-18(4)29(27(34)40-15-39-21(31)14-28(5)6)17(3)22(25(32)38-12-11-37-7)24(23)19-9-8-10-20(13-19)30(35)36/h8-10,13,16,24H,11-12,14-15H2,1-7H3. The second-order valence-corrected chi connectivity index (χ2v) is 9.48. The van der Waals surface area contributed by atoms with Gasteiger partial charge < -0.3 is 23.7 Å². The smallest absolute Gasteiger partial charge is 0.421 e. The van der Waals surface area contributed by atoms with E-state index in [1.54, 1.807) is 32.8 Å². The second kappa shape index (κ2) is 14.9. The number of nitro benzene ring substituents is 1. The van der Waals surface area contributed by atoms with Crippen molar-refractivity contribution in [3.05, 3.63) is 62.5 Å². The molecular formula is C27H35N3O11. The maximum absolute atomic E-state index is 13.5. The summed E-state index contributed by atoms with van der Waals surface area (Å²) in [6.07, 6.45) is -1.62. The Hall–Kier alpha value is -4.30. The number of hydrogen-bond donors (Lipinski definition) is 0. The van der Waals surface area contributed by atoms with E-state index in [4.69, 9.17) is 23.7 Å². The molecule has 0 bridgehead atoms. The normalized spacial score (nSPS) is 15.2. The number of likely N-dealkylation sites (N-methyl/N-ethyl adjacent to an activating group) is 1. The number of benzene rings is 1. The van der Waals surface area contributed by atoms with Gasteiger partial charge in [0.25, 0.3) is 5.69 Å². The summed E-state index contributed by atoms with van der Waals surface area (Å²) in [4.78, 5) is 65.5. The molecule has 0 saturated carbocycles. The van der Waals surface area contributed by atoms with Crippen molar-refractivity contribution in [1.82, 2.24) is 9.80 Å². The molecule has 14 heteroatoms. The highest BCUT2D eigenvalue weighted by atomic mass is 16.7. The van der Waals surface area contributed by atoms with E-state index in [0.717, 1.165) is 4.90 Å². The summed E-state index contributed by atoms with van der Waals surface area (Å²) in [7, 11) is 4.73. The SMILES string of the molecule is COCCOC(=O)C1=C(C)N(C(=O)OCOC(=O)CN(C)C)C(C)=C(C(=O)OC(C)C)C1c1cccc([N+](=O)[O-])c1. The quantitative estimate of drug-likeness (QED) is 0.0892. The average molecular weight is 578 g/mol. The van der Waals surface area contributed by atoms with Crippen molar-refractivity contribution >= 4 is 29.7 Å². The molecule has 1 heterocycles. The van der Waals surface area contributed by atoms with E-state index in [0.29, 0.717) is 0 Å². The van der Waals surface area contributed by atoms with Crippen LogP contribution in [0.5, 0.6) is 0 Å². The first-order valence-electron chi connectivity index (χ1n) is 12.6. The third-order valence-corrected chi connectivity index (χ3v) is 5.78. The summed E-state index contributed by atoms with van der Waals surface area (Å²) in [5.41, 5.74) is -0.259. The average Bonchev–Trinajstić information content (AvgIpc) is 2.87. The van der Waals surface area contributed by atoms with Gasteiger partial charge in [0.05, 0.1) is 41.2 Å². The largest absolute Gasteiger partial charge is 0.460 e. The zero-order valence-corrected chi connectivity index (χ0v) is 24.1. The summed E-state index contributed by atoms with van der Waals surface area (Å²) in [5, 5.41) is 11.5.